The lowest BCUT2D eigenvalue weighted by Crippen LogP contribution is -2.40. The number of urea groups is 1. The molecule has 0 spiro atoms. The van der Waals surface area contributed by atoms with Gasteiger partial charge in [-0.25, -0.2) is 4.79 Å². The Labute approximate surface area is 145 Å². The van der Waals surface area contributed by atoms with Gasteiger partial charge < -0.3 is 15.0 Å². The molecule has 1 aliphatic rings. The van der Waals surface area contributed by atoms with Gasteiger partial charge in [-0.15, -0.1) is 5.01 Å². The summed E-state index contributed by atoms with van der Waals surface area (Å²) < 4.78 is 5.20. The van der Waals surface area contributed by atoms with Gasteiger partial charge in [-0.3, -0.25) is 4.79 Å². The van der Waals surface area contributed by atoms with Gasteiger partial charge in [-0.2, -0.15) is 5.10 Å². The second-order valence-electron chi connectivity index (χ2n) is 6.18. The normalized spacial score (nSPS) is 20.4. The highest BCUT2D eigenvalue weighted by Crippen LogP contribution is 2.31. The van der Waals surface area contributed by atoms with Crippen LogP contribution in [-0.2, 0) is 10.3 Å². The van der Waals surface area contributed by atoms with Crippen LogP contribution in [0.15, 0.2) is 35.4 Å². The highest BCUT2D eigenvalue weighted by atomic mass is 16.5. The number of benzene rings is 1. The zero-order valence-corrected chi connectivity index (χ0v) is 14.6. The van der Waals surface area contributed by atoms with Crippen molar-refractivity contribution in [1.82, 2.24) is 15.3 Å². The smallest absolute Gasteiger partial charge is 0.346 e. The molecule has 0 aliphatic carbocycles. The highest BCUT2D eigenvalue weighted by molar-refractivity contribution is 6.07. The molecule has 7 heteroatoms. The molecule has 0 saturated carbocycles. The van der Waals surface area contributed by atoms with Gasteiger partial charge in [-0.05, 0) is 44.5 Å². The van der Waals surface area contributed by atoms with Crippen LogP contribution in [0.2, 0.25) is 0 Å². The Kier molecular flexibility index (Phi) is 4.08. The first-order valence-electron chi connectivity index (χ1n) is 7.86. The van der Waals surface area contributed by atoms with E-state index in [1.54, 1.807) is 38.3 Å². The van der Waals surface area contributed by atoms with E-state index in [9.17, 15) is 9.59 Å². The zero-order valence-electron chi connectivity index (χ0n) is 14.6. The molecule has 1 atom stereocenters. The molecule has 0 unspecified atom stereocenters. The van der Waals surface area contributed by atoms with Crippen molar-refractivity contribution in [1.29, 1.82) is 0 Å². The standard InChI is InChI=1S/C18H20N4O3/c1-11-8-13(12(2)20-11)10-19-22-16(23)18(3,21-17(22)24)14-6-5-7-15(9-14)25-4/h5-10,20H,1-4H3,(H,21,24)/b19-10+/t18-/m1/s1. The Morgan fingerprint density at radius 2 is 2.00 bits per heavy atom. The summed E-state index contributed by atoms with van der Waals surface area (Å²) in [7, 11) is 1.55. The van der Waals surface area contributed by atoms with E-state index in [1.807, 2.05) is 19.9 Å². The Balaban J connectivity index is 1.90. The maximum atomic E-state index is 12.8. The summed E-state index contributed by atoms with van der Waals surface area (Å²) in [4.78, 5) is 28.3. The summed E-state index contributed by atoms with van der Waals surface area (Å²) in [6.07, 6.45) is 1.51. The lowest BCUT2D eigenvalue weighted by Gasteiger charge is -2.21. The number of hydrogen-bond donors (Lipinski definition) is 2. The highest BCUT2D eigenvalue weighted by Gasteiger charge is 2.49. The number of aryl methyl sites for hydroxylation is 2. The van der Waals surface area contributed by atoms with E-state index in [2.05, 4.69) is 15.4 Å². The van der Waals surface area contributed by atoms with E-state index in [-0.39, 0.29) is 0 Å². The SMILES string of the molecule is COc1cccc([C@@]2(C)NC(=O)N(/N=C/c3cc(C)[nH]c3C)C2=O)c1. The fraction of sp³-hybridized carbons (Fsp3) is 0.278. The molecule has 1 fully saturated rings. The van der Waals surface area contributed by atoms with E-state index in [4.69, 9.17) is 4.74 Å². The third-order valence-electron chi connectivity index (χ3n) is 4.32. The number of methoxy groups -OCH3 is 1. The third-order valence-corrected chi connectivity index (χ3v) is 4.32. The number of aromatic amines is 1. The number of aromatic nitrogens is 1. The Bertz CT molecular complexity index is 871. The molecule has 2 aromatic rings. The number of hydrazone groups is 1. The number of ether oxygens (including phenoxy) is 1. The molecular formula is C18H20N4O3. The fourth-order valence-corrected chi connectivity index (χ4v) is 2.86. The minimum absolute atomic E-state index is 0.438. The van der Waals surface area contributed by atoms with Crippen molar-refractivity contribution in [2.24, 2.45) is 5.10 Å². The van der Waals surface area contributed by atoms with Crippen LogP contribution in [0.3, 0.4) is 0 Å². The van der Waals surface area contributed by atoms with Crippen LogP contribution >= 0.6 is 0 Å². The minimum atomic E-state index is -1.19. The Morgan fingerprint density at radius 1 is 1.24 bits per heavy atom. The molecule has 130 valence electrons. The molecule has 1 saturated heterocycles. The molecule has 25 heavy (non-hydrogen) atoms. The van der Waals surface area contributed by atoms with Crippen LogP contribution in [0.5, 0.6) is 5.75 Å². The number of hydrogen-bond acceptors (Lipinski definition) is 4. The summed E-state index contributed by atoms with van der Waals surface area (Å²) in [5, 5.41) is 7.67. The van der Waals surface area contributed by atoms with Gasteiger partial charge in [0.1, 0.15) is 11.3 Å². The summed E-state index contributed by atoms with van der Waals surface area (Å²) in [6.45, 7) is 5.49. The molecule has 1 aliphatic heterocycles. The predicted octanol–water partition coefficient (Wildman–Crippen LogP) is 2.44. The third kappa shape index (κ3) is 2.88. The Morgan fingerprint density at radius 3 is 2.64 bits per heavy atom. The van der Waals surface area contributed by atoms with Crippen LogP contribution < -0.4 is 10.1 Å². The first-order chi connectivity index (χ1) is 11.8. The van der Waals surface area contributed by atoms with E-state index < -0.39 is 17.5 Å². The van der Waals surface area contributed by atoms with Crippen LogP contribution in [0, 0.1) is 13.8 Å². The lowest BCUT2D eigenvalue weighted by atomic mass is 9.92. The topological polar surface area (TPSA) is 86.8 Å². The molecule has 0 radical (unpaired) electrons. The van der Waals surface area contributed by atoms with Gasteiger partial charge in [0, 0.05) is 17.0 Å². The van der Waals surface area contributed by atoms with Crippen LogP contribution in [0.1, 0.15) is 29.4 Å². The van der Waals surface area contributed by atoms with E-state index in [0.717, 1.165) is 22.0 Å². The van der Waals surface area contributed by atoms with Crippen LogP contribution in [0.25, 0.3) is 0 Å². The number of carbonyl (C=O) groups excluding carboxylic acids is 2. The number of amides is 3. The van der Waals surface area contributed by atoms with Crippen molar-refractivity contribution in [2.75, 3.05) is 7.11 Å². The molecule has 2 heterocycles. The van der Waals surface area contributed by atoms with Crippen molar-refractivity contribution in [3.63, 3.8) is 0 Å². The molecule has 3 rings (SSSR count). The maximum Gasteiger partial charge on any atom is 0.346 e. The van der Waals surface area contributed by atoms with Crippen molar-refractivity contribution in [2.45, 2.75) is 26.3 Å². The summed E-state index contributed by atoms with van der Waals surface area (Å²) in [6, 6.07) is 8.39. The number of nitrogens with zero attached hydrogens (tertiary/aromatic N) is 2. The summed E-state index contributed by atoms with van der Waals surface area (Å²) in [5.41, 5.74) is 2.18. The van der Waals surface area contributed by atoms with Crippen molar-refractivity contribution < 1.29 is 14.3 Å². The first kappa shape index (κ1) is 16.8. The largest absolute Gasteiger partial charge is 0.497 e. The zero-order chi connectivity index (χ0) is 18.2. The van der Waals surface area contributed by atoms with Gasteiger partial charge in [-0.1, -0.05) is 12.1 Å². The molecule has 3 amide bonds. The minimum Gasteiger partial charge on any atom is -0.497 e. The molecule has 7 nitrogen and oxygen atoms in total. The van der Waals surface area contributed by atoms with Gasteiger partial charge in [0.25, 0.3) is 5.91 Å². The number of H-pyrrole nitrogens is 1. The average molecular weight is 340 g/mol. The number of carbonyl (C=O) groups is 2. The number of nitrogens with one attached hydrogen (secondary N) is 2. The average Bonchev–Trinajstić information content (AvgIpc) is 3.02. The monoisotopic (exact) mass is 340 g/mol. The van der Waals surface area contributed by atoms with E-state index >= 15 is 0 Å². The molecular weight excluding hydrogens is 320 g/mol. The van der Waals surface area contributed by atoms with Crippen LogP contribution in [0.4, 0.5) is 4.79 Å². The lowest BCUT2D eigenvalue weighted by molar-refractivity contribution is -0.131. The van der Waals surface area contributed by atoms with Crippen molar-refractivity contribution in [3.8, 4) is 5.75 Å². The molecule has 0 bridgehead atoms. The van der Waals surface area contributed by atoms with Gasteiger partial charge in [0.15, 0.2) is 0 Å². The molecule has 1 aromatic heterocycles. The van der Waals surface area contributed by atoms with E-state index in [1.165, 1.54) is 6.21 Å². The quantitative estimate of drug-likeness (QED) is 0.662. The van der Waals surface area contributed by atoms with E-state index in [0.29, 0.717) is 11.3 Å². The second-order valence-corrected chi connectivity index (χ2v) is 6.18. The summed E-state index contributed by atoms with van der Waals surface area (Å²) >= 11 is 0. The predicted molar refractivity (Wildman–Crippen MR) is 93.6 cm³/mol. The molecule has 1 aromatic carbocycles. The van der Waals surface area contributed by atoms with Crippen molar-refractivity contribution in [3.05, 3.63) is 52.8 Å². The van der Waals surface area contributed by atoms with Gasteiger partial charge in [0.05, 0.1) is 13.3 Å². The second kappa shape index (κ2) is 6.08. The van der Waals surface area contributed by atoms with Gasteiger partial charge >= 0.3 is 6.03 Å². The Hall–Kier alpha value is -3.09. The van der Waals surface area contributed by atoms with Crippen molar-refractivity contribution >= 4 is 18.2 Å². The van der Waals surface area contributed by atoms with Crippen LogP contribution in [-0.4, -0.2) is 35.3 Å². The first-order valence-corrected chi connectivity index (χ1v) is 7.86. The molecule has 2 N–H and O–H groups in total. The van der Waals surface area contributed by atoms with Gasteiger partial charge in [0.2, 0.25) is 0 Å². The summed E-state index contributed by atoms with van der Waals surface area (Å²) in [5.74, 6) is 0.174. The maximum absolute atomic E-state index is 12.8. The number of imide groups is 1. The number of rotatable bonds is 4. The fourth-order valence-electron chi connectivity index (χ4n) is 2.86.